The Morgan fingerprint density at radius 1 is 1.23 bits per heavy atom. The predicted octanol–water partition coefficient (Wildman–Crippen LogP) is 3.28. The molecular formula is C21H33F2N3O4. The average Bonchev–Trinajstić information content (AvgIpc) is 2.74. The molecule has 0 spiro atoms. The number of nitrogens with one attached hydrogen (secondary N) is 1. The quantitative estimate of drug-likeness (QED) is 0.331. The van der Waals surface area contributed by atoms with E-state index in [-0.39, 0.29) is 11.9 Å². The summed E-state index contributed by atoms with van der Waals surface area (Å²) in [5, 5.41) is 3.33. The Bertz CT molecular complexity index is 653. The normalized spacial score (nSPS) is 15.5. The summed E-state index contributed by atoms with van der Waals surface area (Å²) in [6.45, 7) is 2.92. The second-order valence-electron chi connectivity index (χ2n) is 6.90. The molecule has 1 saturated heterocycles. The fourth-order valence-electron chi connectivity index (χ4n) is 3.33. The number of benzene rings is 1. The first-order valence-electron chi connectivity index (χ1n) is 10.3. The van der Waals surface area contributed by atoms with Crippen LogP contribution in [-0.2, 0) is 16.0 Å². The van der Waals surface area contributed by atoms with Gasteiger partial charge in [-0.05, 0) is 43.9 Å². The number of nitrogens with zero attached hydrogens (tertiary/aromatic N) is 2. The molecule has 0 atom stereocenters. The number of rotatable bonds is 11. The Morgan fingerprint density at radius 3 is 2.63 bits per heavy atom. The zero-order valence-electron chi connectivity index (χ0n) is 18.0. The van der Waals surface area contributed by atoms with E-state index in [0.717, 1.165) is 57.1 Å². The summed E-state index contributed by atoms with van der Waals surface area (Å²) in [6.07, 6.45) is 3.07. The molecule has 0 saturated carbocycles. The Labute approximate surface area is 177 Å². The van der Waals surface area contributed by atoms with Gasteiger partial charge < -0.3 is 29.2 Å². The van der Waals surface area contributed by atoms with E-state index in [4.69, 9.17) is 14.2 Å². The summed E-state index contributed by atoms with van der Waals surface area (Å²) >= 11 is 0. The van der Waals surface area contributed by atoms with Gasteiger partial charge in [0.1, 0.15) is 0 Å². The van der Waals surface area contributed by atoms with Crippen LogP contribution in [0.3, 0.4) is 0 Å². The molecule has 170 valence electrons. The third-order valence-corrected chi connectivity index (χ3v) is 4.77. The first-order valence-corrected chi connectivity index (χ1v) is 10.3. The Kier molecular flexibility index (Phi) is 10.6. The molecule has 0 radical (unpaired) electrons. The molecule has 1 N–H and O–H groups in total. The standard InChI is InChI=1S/C21H33F2N3O4/c1-4-28-19-14-16(6-7-18(19)30-20(22)23)15-25-21(24-2)26-10-8-17(9-11-26)29-13-5-12-27-3/h6-7,14,17,20H,4-5,8-13,15H2,1-3H3,(H,24,25). The molecule has 30 heavy (non-hydrogen) atoms. The number of ether oxygens (including phenoxy) is 4. The lowest BCUT2D eigenvalue weighted by molar-refractivity contribution is -0.0514. The van der Waals surface area contributed by atoms with Gasteiger partial charge in [-0.3, -0.25) is 4.99 Å². The zero-order valence-corrected chi connectivity index (χ0v) is 18.0. The predicted molar refractivity (Wildman–Crippen MR) is 111 cm³/mol. The maximum Gasteiger partial charge on any atom is 0.387 e. The minimum Gasteiger partial charge on any atom is -0.490 e. The van der Waals surface area contributed by atoms with Gasteiger partial charge in [-0.2, -0.15) is 8.78 Å². The number of guanidine groups is 1. The molecule has 0 bridgehead atoms. The number of alkyl halides is 2. The number of hydrogen-bond donors (Lipinski definition) is 1. The average molecular weight is 430 g/mol. The van der Waals surface area contributed by atoms with E-state index in [1.165, 1.54) is 6.07 Å². The number of halogens is 2. The molecule has 0 amide bonds. The molecule has 2 rings (SSSR count). The maximum atomic E-state index is 12.6. The molecule has 1 aliphatic heterocycles. The molecule has 1 aromatic carbocycles. The molecule has 1 fully saturated rings. The fraction of sp³-hybridized carbons (Fsp3) is 0.667. The number of methoxy groups -OCH3 is 1. The van der Waals surface area contributed by atoms with E-state index in [1.807, 2.05) is 0 Å². The van der Waals surface area contributed by atoms with Crippen LogP contribution in [0.15, 0.2) is 23.2 Å². The summed E-state index contributed by atoms with van der Waals surface area (Å²) in [5.41, 5.74) is 0.887. The van der Waals surface area contributed by atoms with Crippen molar-refractivity contribution in [2.24, 2.45) is 4.99 Å². The van der Waals surface area contributed by atoms with Crippen molar-refractivity contribution in [3.8, 4) is 11.5 Å². The molecule has 1 heterocycles. The second-order valence-corrected chi connectivity index (χ2v) is 6.90. The van der Waals surface area contributed by atoms with Gasteiger partial charge in [-0.1, -0.05) is 6.07 Å². The summed E-state index contributed by atoms with van der Waals surface area (Å²) in [7, 11) is 3.45. The number of piperidine rings is 1. The third kappa shape index (κ3) is 7.95. The van der Waals surface area contributed by atoms with Crippen molar-refractivity contribution < 1.29 is 27.7 Å². The van der Waals surface area contributed by atoms with Crippen LogP contribution in [-0.4, -0.2) is 70.6 Å². The minimum atomic E-state index is -2.89. The van der Waals surface area contributed by atoms with Crippen LogP contribution in [0, 0.1) is 0 Å². The van der Waals surface area contributed by atoms with Crippen molar-refractivity contribution in [2.75, 3.05) is 47.1 Å². The highest BCUT2D eigenvalue weighted by Crippen LogP contribution is 2.30. The van der Waals surface area contributed by atoms with E-state index in [2.05, 4.69) is 19.9 Å². The summed E-state index contributed by atoms with van der Waals surface area (Å²) in [6, 6.07) is 4.95. The van der Waals surface area contributed by atoms with E-state index in [9.17, 15) is 8.78 Å². The van der Waals surface area contributed by atoms with E-state index in [1.54, 1.807) is 33.2 Å². The lowest BCUT2D eigenvalue weighted by Gasteiger charge is -2.34. The largest absolute Gasteiger partial charge is 0.490 e. The van der Waals surface area contributed by atoms with Gasteiger partial charge in [-0.25, -0.2) is 0 Å². The Morgan fingerprint density at radius 2 is 2.00 bits per heavy atom. The van der Waals surface area contributed by atoms with Gasteiger partial charge in [0.15, 0.2) is 17.5 Å². The van der Waals surface area contributed by atoms with Crippen LogP contribution in [0.2, 0.25) is 0 Å². The summed E-state index contributed by atoms with van der Waals surface area (Å²) < 4.78 is 46.0. The molecular weight excluding hydrogens is 396 g/mol. The molecule has 0 unspecified atom stereocenters. The maximum absolute atomic E-state index is 12.6. The highest BCUT2D eigenvalue weighted by molar-refractivity contribution is 5.80. The van der Waals surface area contributed by atoms with Crippen LogP contribution < -0.4 is 14.8 Å². The van der Waals surface area contributed by atoms with Gasteiger partial charge in [0.05, 0.1) is 12.7 Å². The zero-order chi connectivity index (χ0) is 21.8. The topological polar surface area (TPSA) is 64.6 Å². The van der Waals surface area contributed by atoms with Crippen molar-refractivity contribution >= 4 is 5.96 Å². The molecule has 0 aliphatic carbocycles. The Balaban J connectivity index is 1.85. The lowest BCUT2D eigenvalue weighted by Crippen LogP contribution is -2.46. The molecule has 1 aliphatic rings. The Hall–Kier alpha value is -2.13. The first kappa shape index (κ1) is 24.1. The van der Waals surface area contributed by atoms with Gasteiger partial charge in [-0.15, -0.1) is 0 Å². The third-order valence-electron chi connectivity index (χ3n) is 4.77. The minimum absolute atomic E-state index is 0.0348. The highest BCUT2D eigenvalue weighted by atomic mass is 19.3. The van der Waals surface area contributed by atoms with E-state index >= 15 is 0 Å². The van der Waals surface area contributed by atoms with Crippen LogP contribution >= 0.6 is 0 Å². The summed E-state index contributed by atoms with van der Waals surface area (Å²) in [4.78, 5) is 6.57. The van der Waals surface area contributed by atoms with E-state index in [0.29, 0.717) is 18.9 Å². The molecule has 0 aromatic heterocycles. The van der Waals surface area contributed by atoms with Crippen LogP contribution in [0.25, 0.3) is 0 Å². The monoisotopic (exact) mass is 429 g/mol. The SMILES string of the molecule is CCOc1cc(CNC(=NC)N2CCC(OCCCOC)CC2)ccc1OC(F)F. The smallest absolute Gasteiger partial charge is 0.387 e. The number of hydrogen-bond acceptors (Lipinski definition) is 5. The van der Waals surface area contributed by atoms with Crippen LogP contribution in [0.1, 0.15) is 31.7 Å². The number of aliphatic imine (C=N–C) groups is 1. The summed E-state index contributed by atoms with van der Waals surface area (Å²) in [5.74, 6) is 1.14. The van der Waals surface area contributed by atoms with Crippen molar-refractivity contribution in [3.05, 3.63) is 23.8 Å². The fourth-order valence-corrected chi connectivity index (χ4v) is 3.33. The molecule has 9 heteroatoms. The van der Waals surface area contributed by atoms with Crippen molar-refractivity contribution in [1.29, 1.82) is 0 Å². The van der Waals surface area contributed by atoms with Gasteiger partial charge in [0, 0.05) is 47.0 Å². The molecule has 7 nitrogen and oxygen atoms in total. The van der Waals surface area contributed by atoms with E-state index < -0.39 is 6.61 Å². The van der Waals surface area contributed by atoms with Crippen LogP contribution in [0.4, 0.5) is 8.78 Å². The molecule has 1 aromatic rings. The highest BCUT2D eigenvalue weighted by Gasteiger charge is 2.22. The van der Waals surface area contributed by atoms with Crippen molar-refractivity contribution in [3.63, 3.8) is 0 Å². The van der Waals surface area contributed by atoms with Gasteiger partial charge >= 0.3 is 6.61 Å². The van der Waals surface area contributed by atoms with Gasteiger partial charge in [0.25, 0.3) is 0 Å². The lowest BCUT2D eigenvalue weighted by atomic mass is 10.1. The van der Waals surface area contributed by atoms with Gasteiger partial charge in [0.2, 0.25) is 0 Å². The number of likely N-dealkylation sites (tertiary alicyclic amines) is 1. The van der Waals surface area contributed by atoms with Crippen molar-refractivity contribution in [2.45, 2.75) is 45.4 Å². The first-order chi connectivity index (χ1) is 14.6. The second kappa shape index (κ2) is 13.2. The van der Waals surface area contributed by atoms with Crippen LogP contribution in [0.5, 0.6) is 11.5 Å². The van der Waals surface area contributed by atoms with Crippen molar-refractivity contribution in [1.82, 2.24) is 10.2 Å².